The van der Waals surface area contributed by atoms with Crippen molar-refractivity contribution in [3.05, 3.63) is 29.8 Å². The van der Waals surface area contributed by atoms with E-state index in [1.807, 2.05) is 33.0 Å². The average Bonchev–Trinajstić information content (AvgIpc) is 2.56. The number of likely N-dealkylation sites (tertiary alicyclic amines) is 1. The molecule has 0 unspecified atom stereocenters. The monoisotopic (exact) mass is 317 g/mol. The van der Waals surface area contributed by atoms with Crippen molar-refractivity contribution in [3.8, 4) is 0 Å². The fourth-order valence-corrected chi connectivity index (χ4v) is 3.07. The summed E-state index contributed by atoms with van der Waals surface area (Å²) in [6.45, 7) is 7.05. The number of nitrogens with zero attached hydrogens (tertiary/aromatic N) is 2. The molecule has 23 heavy (non-hydrogen) atoms. The fraction of sp³-hybridized carbons (Fsp3) is 0.556. The van der Waals surface area contributed by atoms with Gasteiger partial charge < -0.3 is 15.1 Å². The number of rotatable bonds is 5. The van der Waals surface area contributed by atoms with Gasteiger partial charge in [-0.15, -0.1) is 0 Å². The van der Waals surface area contributed by atoms with Crippen LogP contribution >= 0.6 is 0 Å². The highest BCUT2D eigenvalue weighted by atomic mass is 16.2. The number of para-hydroxylation sites is 1. The lowest BCUT2D eigenvalue weighted by Crippen LogP contribution is -2.39. The number of carbonyl (C=O) groups is 2. The molecule has 1 aliphatic rings. The molecule has 0 saturated carbocycles. The van der Waals surface area contributed by atoms with Crippen molar-refractivity contribution < 1.29 is 9.59 Å². The van der Waals surface area contributed by atoms with E-state index in [2.05, 4.69) is 10.2 Å². The lowest BCUT2D eigenvalue weighted by Gasteiger charge is -2.29. The molecule has 126 valence electrons. The van der Waals surface area contributed by atoms with E-state index < -0.39 is 0 Å². The third-order valence-corrected chi connectivity index (χ3v) is 4.46. The van der Waals surface area contributed by atoms with Gasteiger partial charge in [-0.25, -0.2) is 0 Å². The van der Waals surface area contributed by atoms with Gasteiger partial charge in [-0.1, -0.05) is 12.1 Å². The Morgan fingerprint density at radius 2 is 1.96 bits per heavy atom. The fourth-order valence-electron chi connectivity index (χ4n) is 3.07. The number of piperidine rings is 1. The van der Waals surface area contributed by atoms with Gasteiger partial charge in [0.2, 0.25) is 5.91 Å². The zero-order valence-electron chi connectivity index (χ0n) is 14.3. The smallest absolute Gasteiger partial charge is 0.255 e. The van der Waals surface area contributed by atoms with Gasteiger partial charge in [-0.3, -0.25) is 9.59 Å². The largest absolute Gasteiger partial charge is 0.339 e. The quantitative estimate of drug-likeness (QED) is 0.907. The zero-order valence-corrected chi connectivity index (χ0v) is 14.3. The summed E-state index contributed by atoms with van der Waals surface area (Å²) in [4.78, 5) is 29.1. The third-order valence-electron chi connectivity index (χ3n) is 4.46. The zero-order chi connectivity index (χ0) is 16.8. The van der Waals surface area contributed by atoms with Crippen molar-refractivity contribution in [2.45, 2.75) is 26.7 Å². The molecular formula is C18H27N3O2. The minimum Gasteiger partial charge on any atom is -0.339 e. The molecule has 1 atom stereocenters. The Hall–Kier alpha value is -1.88. The van der Waals surface area contributed by atoms with E-state index in [0.717, 1.165) is 25.9 Å². The molecule has 1 N–H and O–H groups in total. The van der Waals surface area contributed by atoms with Crippen LogP contribution in [0.15, 0.2) is 24.3 Å². The molecule has 0 radical (unpaired) electrons. The van der Waals surface area contributed by atoms with E-state index in [9.17, 15) is 9.59 Å². The molecule has 0 spiro atoms. The highest BCUT2D eigenvalue weighted by molar-refractivity contribution is 6.04. The van der Waals surface area contributed by atoms with Crippen LogP contribution in [0.1, 0.15) is 37.0 Å². The molecular weight excluding hydrogens is 290 g/mol. The van der Waals surface area contributed by atoms with Crippen LogP contribution in [0, 0.1) is 5.92 Å². The number of hydrogen-bond acceptors (Lipinski definition) is 3. The van der Waals surface area contributed by atoms with Crippen LogP contribution in [0.2, 0.25) is 0 Å². The van der Waals surface area contributed by atoms with Gasteiger partial charge in [-0.2, -0.15) is 0 Å². The lowest BCUT2D eigenvalue weighted by molar-refractivity contribution is -0.121. The van der Waals surface area contributed by atoms with Gasteiger partial charge in [0, 0.05) is 19.6 Å². The molecule has 2 amide bonds. The van der Waals surface area contributed by atoms with E-state index in [1.54, 1.807) is 17.0 Å². The van der Waals surface area contributed by atoms with Crippen molar-refractivity contribution in [3.63, 3.8) is 0 Å². The van der Waals surface area contributed by atoms with Crippen LogP contribution in [0.3, 0.4) is 0 Å². The molecule has 0 bridgehead atoms. The first-order valence-electron chi connectivity index (χ1n) is 8.44. The summed E-state index contributed by atoms with van der Waals surface area (Å²) in [7, 11) is 2.04. The van der Waals surface area contributed by atoms with E-state index in [1.165, 1.54) is 0 Å². The second-order valence-electron chi connectivity index (χ2n) is 6.11. The molecule has 2 rings (SSSR count). The second kappa shape index (κ2) is 8.11. The van der Waals surface area contributed by atoms with Gasteiger partial charge in [0.15, 0.2) is 0 Å². The van der Waals surface area contributed by atoms with E-state index in [0.29, 0.717) is 24.3 Å². The summed E-state index contributed by atoms with van der Waals surface area (Å²) in [6.07, 6.45) is 1.94. The summed E-state index contributed by atoms with van der Waals surface area (Å²) in [5.74, 6) is -0.0339. The van der Waals surface area contributed by atoms with E-state index in [-0.39, 0.29) is 17.7 Å². The van der Waals surface area contributed by atoms with Crippen molar-refractivity contribution in [1.82, 2.24) is 9.80 Å². The van der Waals surface area contributed by atoms with Crippen molar-refractivity contribution in [2.24, 2.45) is 5.92 Å². The molecule has 1 fully saturated rings. The van der Waals surface area contributed by atoms with Crippen molar-refractivity contribution >= 4 is 17.5 Å². The van der Waals surface area contributed by atoms with Crippen LogP contribution in [-0.2, 0) is 4.79 Å². The van der Waals surface area contributed by atoms with Crippen molar-refractivity contribution in [1.29, 1.82) is 0 Å². The maximum Gasteiger partial charge on any atom is 0.255 e. The maximum absolute atomic E-state index is 12.6. The van der Waals surface area contributed by atoms with Crippen LogP contribution < -0.4 is 5.32 Å². The number of benzene rings is 1. The van der Waals surface area contributed by atoms with E-state index >= 15 is 0 Å². The standard InChI is InChI=1S/C18H27N3O2/c1-4-21(5-2)18(23)15-10-6-7-11-16(15)19-17(22)14-9-8-12-20(3)13-14/h6-7,10-11,14H,4-5,8-9,12-13H2,1-3H3,(H,19,22)/t14-/m0/s1. The normalized spacial score (nSPS) is 18.5. The summed E-state index contributed by atoms with van der Waals surface area (Å²) < 4.78 is 0. The Morgan fingerprint density at radius 3 is 2.61 bits per heavy atom. The highest BCUT2D eigenvalue weighted by Crippen LogP contribution is 2.21. The molecule has 5 heteroatoms. The Kier molecular flexibility index (Phi) is 6.16. The number of hydrogen-bond donors (Lipinski definition) is 1. The first kappa shape index (κ1) is 17.5. The Labute approximate surface area is 138 Å². The molecule has 1 aliphatic heterocycles. The van der Waals surface area contributed by atoms with Crippen LogP contribution in [0.4, 0.5) is 5.69 Å². The van der Waals surface area contributed by atoms with Crippen molar-refractivity contribution in [2.75, 3.05) is 38.5 Å². The van der Waals surface area contributed by atoms with Crippen LogP contribution in [0.5, 0.6) is 0 Å². The van der Waals surface area contributed by atoms with Gasteiger partial charge in [-0.05, 0) is 52.4 Å². The summed E-state index contributed by atoms with van der Waals surface area (Å²) in [6, 6.07) is 7.27. The Bertz CT molecular complexity index is 555. The minimum atomic E-state index is -0.0355. The summed E-state index contributed by atoms with van der Waals surface area (Å²) in [5, 5.41) is 2.97. The molecule has 1 aromatic carbocycles. The minimum absolute atomic E-state index is 0.00892. The first-order chi connectivity index (χ1) is 11.1. The molecule has 5 nitrogen and oxygen atoms in total. The predicted molar refractivity (Wildman–Crippen MR) is 92.5 cm³/mol. The summed E-state index contributed by atoms with van der Waals surface area (Å²) >= 11 is 0. The van der Waals surface area contributed by atoms with Crippen LogP contribution in [0.25, 0.3) is 0 Å². The SMILES string of the molecule is CCN(CC)C(=O)c1ccccc1NC(=O)[C@H]1CCCN(C)C1. The number of anilines is 1. The third kappa shape index (κ3) is 4.32. The molecule has 1 saturated heterocycles. The van der Waals surface area contributed by atoms with E-state index in [4.69, 9.17) is 0 Å². The average molecular weight is 317 g/mol. The molecule has 0 aliphatic carbocycles. The number of nitrogens with one attached hydrogen (secondary N) is 1. The number of carbonyl (C=O) groups excluding carboxylic acids is 2. The Morgan fingerprint density at radius 1 is 1.26 bits per heavy atom. The summed E-state index contributed by atoms with van der Waals surface area (Å²) in [5.41, 5.74) is 1.18. The predicted octanol–water partition coefficient (Wildman–Crippen LogP) is 2.45. The van der Waals surface area contributed by atoms with Crippen LogP contribution in [-0.4, -0.2) is 54.8 Å². The molecule has 0 aromatic heterocycles. The van der Waals surface area contributed by atoms with Gasteiger partial charge >= 0.3 is 0 Å². The maximum atomic E-state index is 12.6. The first-order valence-corrected chi connectivity index (χ1v) is 8.44. The lowest BCUT2D eigenvalue weighted by atomic mass is 9.97. The number of amides is 2. The highest BCUT2D eigenvalue weighted by Gasteiger charge is 2.25. The topological polar surface area (TPSA) is 52.7 Å². The van der Waals surface area contributed by atoms with Gasteiger partial charge in [0.05, 0.1) is 17.2 Å². The van der Waals surface area contributed by atoms with Gasteiger partial charge in [0.25, 0.3) is 5.91 Å². The Balaban J connectivity index is 2.14. The van der Waals surface area contributed by atoms with Gasteiger partial charge in [0.1, 0.15) is 0 Å². The second-order valence-corrected chi connectivity index (χ2v) is 6.11. The molecule has 1 heterocycles. The molecule has 1 aromatic rings.